The first-order chi connectivity index (χ1) is 10.7. The van der Waals surface area contributed by atoms with Gasteiger partial charge in [-0.05, 0) is 51.0 Å². The molecule has 0 aromatic heterocycles. The zero-order valence-electron chi connectivity index (χ0n) is 13.0. The Hall–Kier alpha value is -1.55. The van der Waals surface area contributed by atoms with Crippen molar-refractivity contribution in [2.75, 3.05) is 0 Å². The van der Waals surface area contributed by atoms with Crippen LogP contribution in [0.15, 0.2) is 24.3 Å². The number of carboxylic acids is 1. The second-order valence-corrected chi connectivity index (χ2v) is 6.55. The molecule has 2 N–H and O–H groups in total. The third-order valence-corrected chi connectivity index (χ3v) is 4.98. The number of carboxylic acid groups (broad SMARTS) is 1. The molecule has 120 valence electrons. The van der Waals surface area contributed by atoms with Crippen molar-refractivity contribution in [3.05, 3.63) is 29.8 Å². The minimum Gasteiger partial charge on any atom is -0.490 e. The summed E-state index contributed by atoms with van der Waals surface area (Å²) >= 11 is 0. The van der Waals surface area contributed by atoms with Crippen molar-refractivity contribution in [2.24, 2.45) is 5.92 Å². The van der Waals surface area contributed by atoms with Gasteiger partial charge in [0.25, 0.3) is 0 Å². The second kappa shape index (κ2) is 7.14. The summed E-state index contributed by atoms with van der Waals surface area (Å²) in [4.78, 5) is 11.0. The van der Waals surface area contributed by atoms with E-state index in [1.54, 1.807) is 0 Å². The largest absolute Gasteiger partial charge is 0.490 e. The van der Waals surface area contributed by atoms with E-state index in [-0.39, 0.29) is 5.92 Å². The fourth-order valence-corrected chi connectivity index (χ4v) is 3.23. The Kier molecular flexibility index (Phi) is 4.98. The van der Waals surface area contributed by atoms with Crippen LogP contribution in [0.4, 0.5) is 0 Å². The number of nitrogens with one attached hydrogen (secondary N) is 1. The lowest BCUT2D eigenvalue weighted by Crippen LogP contribution is -2.34. The summed E-state index contributed by atoms with van der Waals surface area (Å²) in [7, 11) is 0. The maximum absolute atomic E-state index is 11.0. The van der Waals surface area contributed by atoms with Crippen molar-refractivity contribution in [1.82, 2.24) is 5.32 Å². The molecular weight excluding hydrogens is 278 g/mol. The normalized spacial score (nSPS) is 25.5. The molecule has 0 radical (unpaired) electrons. The monoisotopic (exact) mass is 303 g/mol. The van der Waals surface area contributed by atoms with Crippen LogP contribution in [0, 0.1) is 5.92 Å². The van der Waals surface area contributed by atoms with Gasteiger partial charge < -0.3 is 15.2 Å². The van der Waals surface area contributed by atoms with Gasteiger partial charge in [0.15, 0.2) is 0 Å². The summed E-state index contributed by atoms with van der Waals surface area (Å²) < 4.78 is 6.05. The predicted molar refractivity (Wildman–Crippen MR) is 84.9 cm³/mol. The van der Waals surface area contributed by atoms with E-state index >= 15 is 0 Å². The molecule has 4 heteroatoms. The van der Waals surface area contributed by atoms with Crippen LogP contribution in [0.5, 0.6) is 5.75 Å². The summed E-state index contributed by atoms with van der Waals surface area (Å²) in [5.41, 5.74) is 1.20. The second-order valence-electron chi connectivity index (χ2n) is 6.55. The van der Waals surface area contributed by atoms with Crippen LogP contribution in [0.1, 0.15) is 50.5 Å². The Morgan fingerprint density at radius 3 is 2.50 bits per heavy atom. The molecule has 0 amide bonds. The molecule has 0 bridgehead atoms. The average Bonchev–Trinajstić information content (AvgIpc) is 2.50. The van der Waals surface area contributed by atoms with Gasteiger partial charge in [0, 0.05) is 18.2 Å². The maximum atomic E-state index is 11.0. The molecule has 1 aromatic carbocycles. The molecule has 0 atom stereocenters. The fraction of sp³-hybridized carbons (Fsp3) is 0.611. The van der Waals surface area contributed by atoms with E-state index in [1.807, 2.05) is 12.1 Å². The van der Waals surface area contributed by atoms with Crippen molar-refractivity contribution in [2.45, 2.75) is 63.6 Å². The molecule has 0 heterocycles. The van der Waals surface area contributed by atoms with Gasteiger partial charge in [-0.3, -0.25) is 4.79 Å². The molecule has 0 aliphatic heterocycles. The number of rotatable bonds is 6. The van der Waals surface area contributed by atoms with Gasteiger partial charge >= 0.3 is 5.97 Å². The molecule has 2 saturated carbocycles. The highest BCUT2D eigenvalue weighted by Crippen LogP contribution is 2.28. The lowest BCUT2D eigenvalue weighted by Gasteiger charge is -2.29. The van der Waals surface area contributed by atoms with Crippen LogP contribution >= 0.6 is 0 Å². The first-order valence-electron chi connectivity index (χ1n) is 8.43. The highest BCUT2D eigenvalue weighted by Gasteiger charge is 2.26. The van der Waals surface area contributed by atoms with E-state index in [0.717, 1.165) is 38.0 Å². The van der Waals surface area contributed by atoms with Gasteiger partial charge in [-0.1, -0.05) is 18.2 Å². The van der Waals surface area contributed by atoms with Crippen molar-refractivity contribution < 1.29 is 14.6 Å². The Labute approximate surface area is 131 Å². The fourth-order valence-electron chi connectivity index (χ4n) is 3.23. The van der Waals surface area contributed by atoms with Gasteiger partial charge in [0.05, 0.1) is 12.0 Å². The highest BCUT2D eigenvalue weighted by molar-refractivity contribution is 5.70. The number of ether oxygens (including phenoxy) is 1. The smallest absolute Gasteiger partial charge is 0.306 e. The molecular formula is C18H25NO3. The van der Waals surface area contributed by atoms with E-state index in [2.05, 4.69) is 17.4 Å². The molecule has 0 spiro atoms. The van der Waals surface area contributed by atoms with E-state index in [0.29, 0.717) is 12.1 Å². The average molecular weight is 303 g/mol. The molecule has 2 fully saturated rings. The molecule has 2 aliphatic carbocycles. The third-order valence-electron chi connectivity index (χ3n) is 4.98. The number of benzene rings is 1. The Morgan fingerprint density at radius 1 is 1.14 bits per heavy atom. The SMILES string of the molecule is O=C(O)C1CCC(NCc2ccccc2OC2CCC2)CC1. The van der Waals surface area contributed by atoms with Gasteiger partial charge in [-0.25, -0.2) is 0 Å². The number of carbonyl (C=O) groups is 1. The first-order valence-corrected chi connectivity index (χ1v) is 8.43. The molecule has 3 rings (SSSR count). The molecule has 0 unspecified atom stereocenters. The van der Waals surface area contributed by atoms with Crippen LogP contribution in [-0.2, 0) is 11.3 Å². The summed E-state index contributed by atoms with van der Waals surface area (Å²) in [6.07, 6.45) is 7.47. The molecule has 2 aliphatic rings. The van der Waals surface area contributed by atoms with Crippen molar-refractivity contribution >= 4 is 5.97 Å². The summed E-state index contributed by atoms with van der Waals surface area (Å²) in [5.74, 6) is 0.212. The predicted octanol–water partition coefficient (Wildman–Crippen LogP) is 3.35. The van der Waals surface area contributed by atoms with E-state index in [4.69, 9.17) is 9.84 Å². The number of para-hydroxylation sites is 1. The van der Waals surface area contributed by atoms with Crippen LogP contribution in [0.2, 0.25) is 0 Å². The Balaban J connectivity index is 1.50. The summed E-state index contributed by atoms with van der Waals surface area (Å²) in [5, 5.41) is 12.6. The first kappa shape index (κ1) is 15.3. The Bertz CT molecular complexity index is 505. The summed E-state index contributed by atoms with van der Waals surface area (Å²) in [6.45, 7) is 0.797. The van der Waals surface area contributed by atoms with Gasteiger partial charge in [-0.15, -0.1) is 0 Å². The third kappa shape index (κ3) is 3.80. The van der Waals surface area contributed by atoms with Crippen LogP contribution in [0.25, 0.3) is 0 Å². The van der Waals surface area contributed by atoms with Crippen molar-refractivity contribution in [3.8, 4) is 5.75 Å². The van der Waals surface area contributed by atoms with E-state index in [9.17, 15) is 4.79 Å². The lowest BCUT2D eigenvalue weighted by atomic mass is 9.86. The molecule has 22 heavy (non-hydrogen) atoms. The molecule has 4 nitrogen and oxygen atoms in total. The topological polar surface area (TPSA) is 58.6 Å². The van der Waals surface area contributed by atoms with Crippen LogP contribution < -0.4 is 10.1 Å². The zero-order chi connectivity index (χ0) is 15.4. The molecule has 1 aromatic rings. The van der Waals surface area contributed by atoms with Crippen LogP contribution in [-0.4, -0.2) is 23.2 Å². The highest BCUT2D eigenvalue weighted by atomic mass is 16.5. The lowest BCUT2D eigenvalue weighted by molar-refractivity contribution is -0.142. The van der Waals surface area contributed by atoms with E-state index < -0.39 is 5.97 Å². The number of aliphatic carboxylic acids is 1. The molecule has 0 saturated heterocycles. The van der Waals surface area contributed by atoms with Gasteiger partial charge in [-0.2, -0.15) is 0 Å². The van der Waals surface area contributed by atoms with E-state index in [1.165, 1.54) is 24.8 Å². The number of hydrogen-bond donors (Lipinski definition) is 2. The van der Waals surface area contributed by atoms with Crippen molar-refractivity contribution in [1.29, 1.82) is 0 Å². The minimum absolute atomic E-state index is 0.146. The van der Waals surface area contributed by atoms with Crippen LogP contribution in [0.3, 0.4) is 0 Å². The quantitative estimate of drug-likeness (QED) is 0.846. The maximum Gasteiger partial charge on any atom is 0.306 e. The van der Waals surface area contributed by atoms with Gasteiger partial charge in [0.2, 0.25) is 0 Å². The minimum atomic E-state index is -0.641. The zero-order valence-corrected chi connectivity index (χ0v) is 13.0. The van der Waals surface area contributed by atoms with Gasteiger partial charge in [0.1, 0.15) is 5.75 Å². The Morgan fingerprint density at radius 2 is 1.86 bits per heavy atom. The number of hydrogen-bond acceptors (Lipinski definition) is 3. The summed E-state index contributed by atoms with van der Waals surface area (Å²) in [6, 6.07) is 8.66. The van der Waals surface area contributed by atoms with Crippen molar-refractivity contribution in [3.63, 3.8) is 0 Å². The standard InChI is InChI=1S/C18H25NO3/c20-18(21)13-8-10-15(11-9-13)19-12-14-4-1-2-7-17(14)22-16-5-3-6-16/h1-2,4,7,13,15-16,19H,3,5-6,8-12H2,(H,20,21).